The Morgan fingerprint density at radius 3 is 2.41 bits per heavy atom. The average Bonchev–Trinajstić information content (AvgIpc) is 2.98. The standard InChI is InChI=1S/C13H18N2O6S/c1-14-22(19,20)11-7-6-10(21-11)12(16)15-9-4-2-8(3-5-9)13(17)18/h6-9,14H,2-5H2,1H3,(H,15,16)(H,17,18). The molecule has 0 unspecified atom stereocenters. The van der Waals surface area contributed by atoms with Crippen LogP contribution in [0.2, 0.25) is 0 Å². The summed E-state index contributed by atoms with van der Waals surface area (Å²) in [5.41, 5.74) is 0. The summed E-state index contributed by atoms with van der Waals surface area (Å²) in [6, 6.07) is 2.38. The first-order valence-corrected chi connectivity index (χ1v) is 8.39. The van der Waals surface area contributed by atoms with Crippen LogP contribution in [0.15, 0.2) is 21.6 Å². The third-order valence-corrected chi connectivity index (χ3v) is 5.04. The Bertz CT molecular complexity index is 658. The number of carboxylic acids is 1. The molecule has 0 bridgehead atoms. The van der Waals surface area contributed by atoms with Crippen LogP contribution in [0.3, 0.4) is 0 Å². The van der Waals surface area contributed by atoms with Gasteiger partial charge in [0.2, 0.25) is 5.09 Å². The van der Waals surface area contributed by atoms with E-state index in [1.165, 1.54) is 19.2 Å². The highest BCUT2D eigenvalue weighted by atomic mass is 32.2. The molecule has 1 aromatic rings. The Labute approximate surface area is 127 Å². The molecule has 0 aliphatic heterocycles. The molecule has 1 aliphatic carbocycles. The first kappa shape index (κ1) is 16.5. The van der Waals surface area contributed by atoms with Gasteiger partial charge in [-0.1, -0.05) is 0 Å². The van der Waals surface area contributed by atoms with Crippen LogP contribution in [-0.2, 0) is 14.8 Å². The molecule has 0 saturated heterocycles. The van der Waals surface area contributed by atoms with Crippen molar-refractivity contribution in [2.45, 2.75) is 36.8 Å². The predicted molar refractivity (Wildman–Crippen MR) is 75.8 cm³/mol. The lowest BCUT2D eigenvalue weighted by atomic mass is 9.86. The molecule has 1 amide bonds. The van der Waals surface area contributed by atoms with E-state index >= 15 is 0 Å². The number of aliphatic carboxylic acids is 1. The lowest BCUT2D eigenvalue weighted by Gasteiger charge is -2.26. The second kappa shape index (κ2) is 6.49. The van der Waals surface area contributed by atoms with Crippen LogP contribution in [0, 0.1) is 5.92 Å². The van der Waals surface area contributed by atoms with E-state index in [2.05, 4.69) is 10.0 Å². The van der Waals surface area contributed by atoms with E-state index in [4.69, 9.17) is 9.52 Å². The smallest absolute Gasteiger partial charge is 0.306 e. The SMILES string of the molecule is CNS(=O)(=O)c1ccc(C(=O)NC2CCC(C(=O)O)CC2)o1. The van der Waals surface area contributed by atoms with Gasteiger partial charge in [0.1, 0.15) is 0 Å². The summed E-state index contributed by atoms with van der Waals surface area (Å²) in [6.45, 7) is 0. The van der Waals surface area contributed by atoms with Crippen molar-refractivity contribution >= 4 is 21.9 Å². The van der Waals surface area contributed by atoms with Crippen molar-refractivity contribution in [3.63, 3.8) is 0 Å². The topological polar surface area (TPSA) is 126 Å². The van der Waals surface area contributed by atoms with Gasteiger partial charge in [0.05, 0.1) is 5.92 Å². The first-order valence-electron chi connectivity index (χ1n) is 6.90. The fraction of sp³-hybridized carbons (Fsp3) is 0.538. The van der Waals surface area contributed by atoms with E-state index in [0.717, 1.165) is 0 Å². The molecule has 1 fully saturated rings. The number of amides is 1. The molecular weight excluding hydrogens is 312 g/mol. The van der Waals surface area contributed by atoms with Crippen molar-refractivity contribution in [1.82, 2.24) is 10.0 Å². The molecule has 1 aliphatic rings. The second-order valence-corrected chi connectivity index (χ2v) is 7.00. The van der Waals surface area contributed by atoms with Crippen molar-refractivity contribution < 1.29 is 27.5 Å². The summed E-state index contributed by atoms with van der Waals surface area (Å²) in [4.78, 5) is 22.9. The molecule has 22 heavy (non-hydrogen) atoms. The number of furan rings is 1. The number of rotatable bonds is 5. The number of hydrogen-bond donors (Lipinski definition) is 3. The molecule has 9 heteroatoms. The van der Waals surface area contributed by atoms with Crippen LogP contribution in [0.1, 0.15) is 36.2 Å². The fourth-order valence-corrected chi connectivity index (χ4v) is 3.08. The molecule has 8 nitrogen and oxygen atoms in total. The van der Waals surface area contributed by atoms with Gasteiger partial charge in [-0.05, 0) is 44.9 Å². The van der Waals surface area contributed by atoms with Gasteiger partial charge in [-0.25, -0.2) is 13.1 Å². The van der Waals surface area contributed by atoms with Gasteiger partial charge in [-0.15, -0.1) is 0 Å². The van der Waals surface area contributed by atoms with Crippen LogP contribution < -0.4 is 10.0 Å². The summed E-state index contributed by atoms with van der Waals surface area (Å²) in [5.74, 6) is -1.76. The molecule has 0 radical (unpaired) electrons. The molecular formula is C13H18N2O6S. The maximum absolute atomic E-state index is 12.0. The summed E-state index contributed by atoms with van der Waals surface area (Å²) in [7, 11) is -2.47. The minimum atomic E-state index is -3.72. The Hall–Kier alpha value is -1.87. The molecule has 0 aromatic carbocycles. The predicted octanol–water partition coefficient (Wildman–Crippen LogP) is 0.561. The van der Waals surface area contributed by atoms with E-state index in [1.54, 1.807) is 0 Å². The van der Waals surface area contributed by atoms with E-state index in [-0.39, 0.29) is 22.8 Å². The summed E-state index contributed by atoms with van der Waals surface area (Å²) in [6.07, 6.45) is 2.17. The molecule has 1 saturated carbocycles. The normalized spacial score (nSPS) is 22.2. The molecule has 122 valence electrons. The molecule has 1 heterocycles. The summed E-state index contributed by atoms with van der Waals surface area (Å²) < 4.78 is 30.2. The van der Waals surface area contributed by atoms with Crippen molar-refractivity contribution in [2.75, 3.05) is 7.05 Å². The van der Waals surface area contributed by atoms with E-state index in [1.807, 2.05) is 0 Å². The van der Waals surface area contributed by atoms with Crippen molar-refractivity contribution in [3.8, 4) is 0 Å². The lowest BCUT2D eigenvalue weighted by Crippen LogP contribution is -2.38. The minimum absolute atomic E-state index is 0.0887. The monoisotopic (exact) mass is 330 g/mol. The van der Waals surface area contributed by atoms with Gasteiger partial charge in [-0.2, -0.15) is 0 Å². The Kier molecular flexibility index (Phi) is 4.87. The number of sulfonamides is 1. The van der Waals surface area contributed by atoms with Crippen molar-refractivity contribution in [2.24, 2.45) is 5.92 Å². The van der Waals surface area contributed by atoms with Gasteiger partial charge in [0.15, 0.2) is 5.76 Å². The lowest BCUT2D eigenvalue weighted by molar-refractivity contribution is -0.142. The zero-order valence-electron chi connectivity index (χ0n) is 12.0. The number of nitrogens with one attached hydrogen (secondary N) is 2. The van der Waals surface area contributed by atoms with E-state index in [0.29, 0.717) is 25.7 Å². The summed E-state index contributed by atoms with van der Waals surface area (Å²) >= 11 is 0. The molecule has 3 N–H and O–H groups in total. The first-order chi connectivity index (χ1) is 10.3. The van der Waals surface area contributed by atoms with Crippen LogP contribution in [0.4, 0.5) is 0 Å². The van der Waals surface area contributed by atoms with Gasteiger partial charge < -0.3 is 14.8 Å². The largest absolute Gasteiger partial charge is 0.481 e. The Morgan fingerprint density at radius 1 is 1.23 bits per heavy atom. The maximum atomic E-state index is 12.0. The number of carbonyl (C=O) groups excluding carboxylic acids is 1. The highest BCUT2D eigenvalue weighted by Crippen LogP contribution is 2.24. The highest BCUT2D eigenvalue weighted by Gasteiger charge is 2.28. The number of carboxylic acid groups (broad SMARTS) is 1. The minimum Gasteiger partial charge on any atom is -0.481 e. The third-order valence-electron chi connectivity index (χ3n) is 3.75. The van der Waals surface area contributed by atoms with Crippen LogP contribution in [-0.4, -0.2) is 38.5 Å². The van der Waals surface area contributed by atoms with Gasteiger partial charge in [-0.3, -0.25) is 9.59 Å². The second-order valence-electron chi connectivity index (χ2n) is 5.19. The van der Waals surface area contributed by atoms with Crippen LogP contribution in [0.25, 0.3) is 0 Å². The Morgan fingerprint density at radius 2 is 1.86 bits per heavy atom. The molecule has 2 rings (SSSR count). The van der Waals surface area contributed by atoms with Crippen LogP contribution in [0.5, 0.6) is 0 Å². The molecule has 1 aromatic heterocycles. The summed E-state index contributed by atoms with van der Waals surface area (Å²) in [5, 5.41) is 11.3. The van der Waals surface area contributed by atoms with Gasteiger partial charge in [0.25, 0.3) is 15.9 Å². The molecule has 0 spiro atoms. The van der Waals surface area contributed by atoms with Crippen molar-refractivity contribution in [1.29, 1.82) is 0 Å². The fourth-order valence-electron chi connectivity index (χ4n) is 2.43. The van der Waals surface area contributed by atoms with Gasteiger partial charge in [0, 0.05) is 6.04 Å². The highest BCUT2D eigenvalue weighted by molar-refractivity contribution is 7.89. The maximum Gasteiger partial charge on any atom is 0.306 e. The van der Waals surface area contributed by atoms with Gasteiger partial charge >= 0.3 is 5.97 Å². The zero-order chi connectivity index (χ0) is 16.3. The zero-order valence-corrected chi connectivity index (χ0v) is 12.9. The van der Waals surface area contributed by atoms with Crippen molar-refractivity contribution in [3.05, 3.63) is 17.9 Å². The third kappa shape index (κ3) is 3.66. The average molecular weight is 330 g/mol. The van der Waals surface area contributed by atoms with Crippen LogP contribution >= 0.6 is 0 Å². The number of carbonyl (C=O) groups is 2. The van der Waals surface area contributed by atoms with E-state index < -0.39 is 21.9 Å². The molecule has 0 atom stereocenters. The van der Waals surface area contributed by atoms with E-state index in [9.17, 15) is 18.0 Å². The Balaban J connectivity index is 1.95. The quantitative estimate of drug-likeness (QED) is 0.724. The number of hydrogen-bond acceptors (Lipinski definition) is 5.